The maximum Gasteiger partial charge on any atom is 0.251 e. The maximum absolute atomic E-state index is 12.3. The number of anilines is 1. The fourth-order valence-corrected chi connectivity index (χ4v) is 3.26. The molecule has 5 nitrogen and oxygen atoms in total. The summed E-state index contributed by atoms with van der Waals surface area (Å²) in [4.78, 5) is 0. The van der Waals surface area contributed by atoms with E-state index in [9.17, 15) is 8.42 Å². The van der Waals surface area contributed by atoms with Gasteiger partial charge in [0.25, 0.3) is 10.0 Å². The molecule has 1 aliphatic rings. The number of nitrogens with one attached hydrogen (secondary N) is 1. The number of hydrogen-bond donors (Lipinski definition) is 1. The summed E-state index contributed by atoms with van der Waals surface area (Å²) in [5.74, 6) is 0. The van der Waals surface area contributed by atoms with E-state index in [-0.39, 0.29) is 0 Å². The zero-order chi connectivity index (χ0) is 13.2. The first-order chi connectivity index (χ1) is 8.57. The Morgan fingerprint density at radius 3 is 2.89 bits per heavy atom. The summed E-state index contributed by atoms with van der Waals surface area (Å²) in [6.07, 6.45) is 0. The Balaban J connectivity index is 2.50. The lowest BCUT2D eigenvalue weighted by Gasteiger charge is -2.25. The van der Waals surface area contributed by atoms with E-state index in [2.05, 4.69) is 5.32 Å². The van der Waals surface area contributed by atoms with Gasteiger partial charge >= 0.3 is 0 Å². The van der Waals surface area contributed by atoms with Gasteiger partial charge in [-0.05, 0) is 18.6 Å². The molecular weight excluding hydrogens is 250 g/mol. The molecule has 0 aromatic heterocycles. The highest BCUT2D eigenvalue weighted by atomic mass is 32.2. The molecule has 2 rings (SSSR count). The van der Waals surface area contributed by atoms with Gasteiger partial charge in [-0.1, -0.05) is 18.2 Å². The Labute approximate surface area is 107 Å². The summed E-state index contributed by atoms with van der Waals surface area (Å²) in [5, 5.41) is 11.0. The predicted octanol–water partition coefficient (Wildman–Crippen LogP) is 0.838. The van der Waals surface area contributed by atoms with Gasteiger partial charge in [0.1, 0.15) is 0 Å². The van der Waals surface area contributed by atoms with Gasteiger partial charge in [-0.25, -0.2) is 8.42 Å². The normalized spacial score (nSPS) is 17.4. The number of fused-ring (bicyclic) bond motifs is 1. The van der Waals surface area contributed by atoms with Crippen molar-refractivity contribution >= 4 is 15.7 Å². The third kappa shape index (κ3) is 2.19. The molecule has 1 aromatic rings. The standard InChI is InChI=1S/C12H15N3O2S/c1-10(8-13)18(16,17)15-7-6-14-9-11-4-2-3-5-12(11)15/h2-5,10,14H,6-7,9H2,1H3. The Morgan fingerprint density at radius 2 is 2.17 bits per heavy atom. The molecule has 1 atom stereocenters. The molecule has 0 radical (unpaired) electrons. The van der Waals surface area contributed by atoms with Crippen LogP contribution in [0.4, 0.5) is 5.69 Å². The van der Waals surface area contributed by atoms with E-state index in [1.54, 1.807) is 12.1 Å². The zero-order valence-electron chi connectivity index (χ0n) is 10.1. The monoisotopic (exact) mass is 265 g/mol. The van der Waals surface area contributed by atoms with E-state index in [1.165, 1.54) is 11.2 Å². The molecule has 0 fully saturated rings. The molecule has 0 saturated heterocycles. The van der Waals surface area contributed by atoms with Gasteiger partial charge in [-0.2, -0.15) is 5.26 Å². The summed E-state index contributed by atoms with van der Waals surface area (Å²) < 4.78 is 26.0. The smallest absolute Gasteiger partial charge is 0.251 e. The van der Waals surface area contributed by atoms with Gasteiger partial charge in [0.05, 0.1) is 11.8 Å². The van der Waals surface area contributed by atoms with Gasteiger partial charge in [0.2, 0.25) is 0 Å². The number of para-hydroxylation sites is 1. The van der Waals surface area contributed by atoms with Crippen LogP contribution < -0.4 is 9.62 Å². The highest BCUT2D eigenvalue weighted by molar-refractivity contribution is 7.93. The molecule has 1 aromatic carbocycles. The molecule has 6 heteroatoms. The van der Waals surface area contributed by atoms with Crippen LogP contribution in [0.25, 0.3) is 0 Å². The molecule has 96 valence electrons. The van der Waals surface area contributed by atoms with Crippen LogP contribution in [-0.2, 0) is 16.6 Å². The molecule has 1 aliphatic heterocycles. The van der Waals surface area contributed by atoms with Crippen LogP contribution in [0.5, 0.6) is 0 Å². The molecule has 0 bridgehead atoms. The van der Waals surface area contributed by atoms with Crippen molar-refractivity contribution in [3.63, 3.8) is 0 Å². The predicted molar refractivity (Wildman–Crippen MR) is 69.5 cm³/mol. The first-order valence-corrected chi connectivity index (χ1v) is 7.27. The molecule has 0 amide bonds. The van der Waals surface area contributed by atoms with E-state index in [0.29, 0.717) is 25.3 Å². The van der Waals surface area contributed by atoms with E-state index in [1.807, 2.05) is 18.2 Å². The summed E-state index contributed by atoms with van der Waals surface area (Å²) >= 11 is 0. The molecule has 18 heavy (non-hydrogen) atoms. The highest BCUT2D eigenvalue weighted by Crippen LogP contribution is 2.26. The van der Waals surface area contributed by atoms with Crippen molar-refractivity contribution in [2.75, 3.05) is 17.4 Å². The average molecular weight is 265 g/mol. The van der Waals surface area contributed by atoms with Gasteiger partial charge in [-0.15, -0.1) is 0 Å². The second-order valence-electron chi connectivity index (χ2n) is 4.19. The van der Waals surface area contributed by atoms with Gasteiger partial charge in [-0.3, -0.25) is 4.31 Å². The van der Waals surface area contributed by atoms with Crippen molar-refractivity contribution < 1.29 is 8.42 Å². The Bertz CT molecular complexity index is 577. The number of sulfonamides is 1. The zero-order valence-corrected chi connectivity index (χ0v) is 10.9. The number of rotatable bonds is 2. The van der Waals surface area contributed by atoms with Gasteiger partial charge in [0.15, 0.2) is 5.25 Å². The quantitative estimate of drug-likeness (QED) is 0.860. The maximum atomic E-state index is 12.3. The second kappa shape index (κ2) is 4.96. The first kappa shape index (κ1) is 12.9. The summed E-state index contributed by atoms with van der Waals surface area (Å²) in [7, 11) is -3.62. The van der Waals surface area contributed by atoms with Crippen molar-refractivity contribution in [3.05, 3.63) is 29.8 Å². The van der Waals surface area contributed by atoms with Gasteiger partial charge < -0.3 is 5.32 Å². The minimum atomic E-state index is -3.62. The summed E-state index contributed by atoms with van der Waals surface area (Å²) in [6.45, 7) is 2.98. The molecule has 0 saturated carbocycles. The van der Waals surface area contributed by atoms with Crippen LogP contribution in [0.1, 0.15) is 12.5 Å². The highest BCUT2D eigenvalue weighted by Gasteiger charge is 2.31. The molecule has 0 aliphatic carbocycles. The minimum absolute atomic E-state index is 0.353. The number of hydrogen-bond acceptors (Lipinski definition) is 4. The third-order valence-corrected chi connectivity index (χ3v) is 5.00. The van der Waals surface area contributed by atoms with Crippen molar-refractivity contribution in [2.45, 2.75) is 18.7 Å². The lowest BCUT2D eigenvalue weighted by molar-refractivity contribution is 0.585. The van der Waals surface area contributed by atoms with Crippen LogP contribution in [0.15, 0.2) is 24.3 Å². The topological polar surface area (TPSA) is 73.2 Å². The fourth-order valence-electron chi connectivity index (χ4n) is 1.95. The molecule has 1 heterocycles. The first-order valence-electron chi connectivity index (χ1n) is 5.77. The Hall–Kier alpha value is -1.58. The van der Waals surface area contributed by atoms with Gasteiger partial charge in [0, 0.05) is 19.6 Å². The molecule has 1 N–H and O–H groups in total. The van der Waals surface area contributed by atoms with Crippen LogP contribution in [-0.4, -0.2) is 26.8 Å². The SMILES string of the molecule is CC(C#N)S(=O)(=O)N1CCNCc2ccccc21. The van der Waals surface area contributed by atoms with Crippen molar-refractivity contribution in [3.8, 4) is 6.07 Å². The number of nitrogens with zero attached hydrogens (tertiary/aromatic N) is 2. The average Bonchev–Trinajstić information content (AvgIpc) is 2.60. The van der Waals surface area contributed by atoms with Crippen LogP contribution >= 0.6 is 0 Å². The van der Waals surface area contributed by atoms with Crippen molar-refractivity contribution in [1.82, 2.24) is 5.32 Å². The lowest BCUT2D eigenvalue weighted by atomic mass is 10.2. The van der Waals surface area contributed by atoms with E-state index >= 15 is 0 Å². The van der Waals surface area contributed by atoms with Crippen molar-refractivity contribution in [1.29, 1.82) is 5.26 Å². The Kier molecular flexibility index (Phi) is 3.55. The van der Waals surface area contributed by atoms with Crippen LogP contribution in [0.2, 0.25) is 0 Å². The van der Waals surface area contributed by atoms with E-state index < -0.39 is 15.3 Å². The second-order valence-corrected chi connectivity index (χ2v) is 6.37. The minimum Gasteiger partial charge on any atom is -0.311 e. The molecule has 0 spiro atoms. The lowest BCUT2D eigenvalue weighted by Crippen LogP contribution is -2.39. The summed E-state index contributed by atoms with van der Waals surface area (Å²) in [5.41, 5.74) is 1.60. The molecular formula is C12H15N3O2S. The number of benzene rings is 1. The third-order valence-electron chi connectivity index (χ3n) is 3.00. The van der Waals surface area contributed by atoms with Crippen molar-refractivity contribution in [2.24, 2.45) is 0 Å². The molecule has 1 unspecified atom stereocenters. The Morgan fingerprint density at radius 1 is 1.44 bits per heavy atom. The van der Waals surface area contributed by atoms with Crippen LogP contribution in [0.3, 0.4) is 0 Å². The largest absolute Gasteiger partial charge is 0.311 e. The fraction of sp³-hybridized carbons (Fsp3) is 0.417. The van der Waals surface area contributed by atoms with E-state index in [4.69, 9.17) is 5.26 Å². The summed E-state index contributed by atoms with van der Waals surface area (Å²) in [6, 6.07) is 9.17. The van der Waals surface area contributed by atoms with E-state index in [0.717, 1.165) is 5.56 Å². The number of nitriles is 1. The van der Waals surface area contributed by atoms with Crippen LogP contribution in [0, 0.1) is 11.3 Å².